The molecular formula is C47H56N10O6. The van der Waals surface area contributed by atoms with Crippen LogP contribution in [0.4, 0.5) is 4.79 Å². The maximum atomic E-state index is 13.7. The number of ether oxygens (including phenoxy) is 1. The van der Waals surface area contributed by atoms with Crippen LogP contribution in [0.3, 0.4) is 0 Å². The normalized spacial score (nSPS) is 19.9. The number of benzene rings is 3. The molecule has 16 heteroatoms. The second-order valence-corrected chi connectivity index (χ2v) is 18.1. The summed E-state index contributed by atoms with van der Waals surface area (Å²) in [5.41, 5.74) is 10.2. The maximum Gasteiger partial charge on any atom is 0.407 e. The van der Waals surface area contributed by atoms with Crippen LogP contribution >= 0.6 is 0 Å². The lowest BCUT2D eigenvalue weighted by atomic mass is 9.80. The second-order valence-electron chi connectivity index (χ2n) is 18.1. The van der Waals surface area contributed by atoms with Crippen molar-refractivity contribution in [2.45, 2.75) is 103 Å². The minimum Gasteiger partial charge on any atom is -0.453 e. The van der Waals surface area contributed by atoms with Crippen molar-refractivity contribution in [2.75, 3.05) is 26.8 Å². The van der Waals surface area contributed by atoms with Crippen LogP contribution in [0.5, 0.6) is 0 Å². The summed E-state index contributed by atoms with van der Waals surface area (Å²) in [6.07, 6.45) is 5.46. The lowest BCUT2D eigenvalue weighted by molar-refractivity contribution is -0.139. The number of amides is 4. The summed E-state index contributed by atoms with van der Waals surface area (Å²) in [5.74, 6) is 1.46. The topological polar surface area (TPSA) is 214 Å². The third kappa shape index (κ3) is 8.12. The highest BCUT2D eigenvalue weighted by molar-refractivity contribution is 5.89. The van der Waals surface area contributed by atoms with E-state index in [9.17, 15) is 24.3 Å². The van der Waals surface area contributed by atoms with Crippen LogP contribution in [0.25, 0.3) is 44.5 Å². The van der Waals surface area contributed by atoms with Gasteiger partial charge in [0.2, 0.25) is 17.7 Å². The molecule has 0 saturated carbocycles. The number of carbonyl (C=O) groups excluding carboxylic acids is 4. The van der Waals surface area contributed by atoms with E-state index in [1.807, 2.05) is 50.8 Å². The monoisotopic (exact) mass is 856 g/mol. The number of imidazole rings is 3. The highest BCUT2D eigenvalue weighted by Crippen LogP contribution is 2.38. The Morgan fingerprint density at radius 2 is 1.33 bits per heavy atom. The van der Waals surface area contributed by atoms with E-state index in [-0.39, 0.29) is 35.7 Å². The number of aromatic amines is 3. The van der Waals surface area contributed by atoms with Gasteiger partial charge in [-0.15, -0.1) is 0 Å². The average Bonchev–Trinajstić information content (AvgIpc) is 4.14. The van der Waals surface area contributed by atoms with Crippen molar-refractivity contribution in [1.82, 2.24) is 50.3 Å². The first-order valence-electron chi connectivity index (χ1n) is 22.3. The molecule has 0 bridgehead atoms. The molecule has 6 N–H and O–H groups in total. The molecule has 4 amide bonds. The summed E-state index contributed by atoms with van der Waals surface area (Å²) < 4.78 is 4.80. The van der Waals surface area contributed by atoms with E-state index in [4.69, 9.17) is 19.7 Å². The molecule has 3 aromatic heterocycles. The Bertz CT molecular complexity index is 2720. The van der Waals surface area contributed by atoms with Crippen molar-refractivity contribution < 1.29 is 29.0 Å². The van der Waals surface area contributed by atoms with Gasteiger partial charge in [0.25, 0.3) is 0 Å². The Morgan fingerprint density at radius 1 is 0.730 bits per heavy atom. The minimum atomic E-state index is -0.732. The Balaban J connectivity index is 0.905. The number of aliphatic hydroxyl groups is 1. The van der Waals surface area contributed by atoms with Crippen LogP contribution in [0.1, 0.15) is 106 Å². The van der Waals surface area contributed by atoms with Gasteiger partial charge in [-0.2, -0.15) is 0 Å². The van der Waals surface area contributed by atoms with E-state index < -0.39 is 30.7 Å². The van der Waals surface area contributed by atoms with Crippen molar-refractivity contribution in [3.05, 3.63) is 76.9 Å². The minimum absolute atomic E-state index is 0.104. The Kier molecular flexibility index (Phi) is 11.4. The van der Waals surface area contributed by atoms with Crippen LogP contribution in [-0.2, 0) is 32.0 Å². The molecule has 5 heterocycles. The number of nitrogens with zero attached hydrogens (tertiary/aromatic N) is 5. The van der Waals surface area contributed by atoms with Gasteiger partial charge in [-0.25, -0.2) is 19.7 Å². The molecule has 2 aliphatic heterocycles. The number of hydrogen-bond acceptors (Lipinski definition) is 9. The SMILES string of the molecule is COC(=O)NC(C(=O)N1CCCC1c1nc2ccc(C3CCc4cc5nc(-c6ccc7nc(C8CCCN8C(=O)C(NC(=O)CO)C(C)C)[nH]c7c6)[nH]c5cc4C3)cc2[nH]1)C(C)C. The number of nitrogens with one attached hydrogen (secondary N) is 5. The zero-order chi connectivity index (χ0) is 44.1. The summed E-state index contributed by atoms with van der Waals surface area (Å²) in [4.78, 5) is 80.6. The second kappa shape index (κ2) is 17.1. The third-order valence-corrected chi connectivity index (χ3v) is 13.3. The highest BCUT2D eigenvalue weighted by atomic mass is 16.5. The predicted molar refractivity (Wildman–Crippen MR) is 237 cm³/mol. The summed E-state index contributed by atoms with van der Waals surface area (Å²) in [7, 11) is 1.30. The van der Waals surface area contributed by atoms with Crippen molar-refractivity contribution in [1.29, 1.82) is 0 Å². The number of carbonyl (C=O) groups is 4. The summed E-state index contributed by atoms with van der Waals surface area (Å²) in [6.45, 7) is 8.10. The molecule has 9 rings (SSSR count). The summed E-state index contributed by atoms with van der Waals surface area (Å²) >= 11 is 0. The van der Waals surface area contributed by atoms with Crippen LogP contribution in [0.2, 0.25) is 0 Å². The zero-order valence-electron chi connectivity index (χ0n) is 36.5. The van der Waals surface area contributed by atoms with Gasteiger partial charge in [0.15, 0.2) is 0 Å². The van der Waals surface area contributed by atoms with Gasteiger partial charge in [-0.05, 0) is 122 Å². The standard InChI is InChI=1S/C47H56N10O6/c1-24(2)40(54-39(59)23-58)45(60)56-16-6-8-37(56)44-49-32-15-13-29(21-34(32)53-44)42-50-35-20-28-11-10-26(18-30(28)22-36(35)51-42)27-12-14-31-33(19-27)52-43(48-31)38-9-7-17-57(38)46(61)41(25(3)4)55-47(62)63-5/h12-15,19-22,24-26,37-38,40-41,58H,6-11,16-18,23H2,1-5H3,(H,48,52)(H,49,53)(H,50,51)(H,54,59)(H,55,62). The van der Waals surface area contributed by atoms with E-state index in [2.05, 4.69) is 55.9 Å². The number of aryl methyl sites for hydroxylation is 1. The number of methoxy groups -OCH3 is 1. The molecule has 0 radical (unpaired) electrons. The molecule has 6 aromatic rings. The predicted octanol–water partition coefficient (Wildman–Crippen LogP) is 6.10. The number of hydrogen-bond donors (Lipinski definition) is 6. The highest BCUT2D eigenvalue weighted by Gasteiger charge is 2.39. The smallest absolute Gasteiger partial charge is 0.407 e. The van der Waals surface area contributed by atoms with E-state index in [1.165, 1.54) is 23.8 Å². The lowest BCUT2D eigenvalue weighted by Gasteiger charge is -2.30. The first-order chi connectivity index (χ1) is 30.4. The Morgan fingerprint density at radius 3 is 1.95 bits per heavy atom. The Labute approximate surface area is 365 Å². The van der Waals surface area contributed by atoms with Gasteiger partial charge in [0.1, 0.15) is 36.2 Å². The quantitative estimate of drug-likeness (QED) is 0.0888. The molecule has 2 fully saturated rings. The maximum absolute atomic E-state index is 13.7. The fourth-order valence-corrected chi connectivity index (χ4v) is 9.90. The third-order valence-electron chi connectivity index (χ3n) is 13.3. The molecule has 3 aromatic carbocycles. The number of fused-ring (bicyclic) bond motifs is 4. The molecule has 5 unspecified atom stereocenters. The number of alkyl carbamates (subject to hydrolysis) is 1. The van der Waals surface area contributed by atoms with Gasteiger partial charge in [0.05, 0.1) is 52.3 Å². The molecular weight excluding hydrogens is 801 g/mol. The fourth-order valence-electron chi connectivity index (χ4n) is 9.90. The number of aromatic nitrogens is 6. The number of aliphatic hydroxyl groups excluding tert-OH is 1. The van der Waals surface area contributed by atoms with Gasteiger partial charge < -0.3 is 45.2 Å². The summed E-state index contributed by atoms with van der Waals surface area (Å²) in [6, 6.07) is 15.1. The fraction of sp³-hybridized carbons (Fsp3) is 0.468. The van der Waals surface area contributed by atoms with Gasteiger partial charge >= 0.3 is 6.09 Å². The molecule has 330 valence electrons. The van der Waals surface area contributed by atoms with Crippen molar-refractivity contribution in [3.63, 3.8) is 0 Å². The van der Waals surface area contributed by atoms with Gasteiger partial charge in [-0.1, -0.05) is 33.8 Å². The van der Waals surface area contributed by atoms with E-state index in [1.54, 1.807) is 4.90 Å². The first kappa shape index (κ1) is 42.0. The van der Waals surface area contributed by atoms with Crippen molar-refractivity contribution in [2.24, 2.45) is 11.8 Å². The number of rotatable bonds is 11. The van der Waals surface area contributed by atoms with Crippen LogP contribution in [-0.4, -0.2) is 108 Å². The van der Waals surface area contributed by atoms with Crippen LogP contribution < -0.4 is 10.6 Å². The molecule has 0 spiro atoms. The van der Waals surface area contributed by atoms with Gasteiger partial charge in [0, 0.05) is 18.7 Å². The molecule has 63 heavy (non-hydrogen) atoms. The first-order valence-corrected chi connectivity index (χ1v) is 22.3. The molecule has 3 aliphatic rings. The Hall–Kier alpha value is -6.29. The molecule has 2 saturated heterocycles. The molecule has 16 nitrogen and oxygen atoms in total. The van der Waals surface area contributed by atoms with E-state index >= 15 is 0 Å². The average molecular weight is 857 g/mol. The van der Waals surface area contributed by atoms with Crippen LogP contribution in [0.15, 0.2) is 48.5 Å². The number of H-pyrrole nitrogens is 3. The van der Waals surface area contributed by atoms with E-state index in [0.717, 1.165) is 95.3 Å². The van der Waals surface area contributed by atoms with Crippen LogP contribution in [0, 0.1) is 11.8 Å². The zero-order valence-corrected chi connectivity index (χ0v) is 36.5. The summed E-state index contributed by atoms with van der Waals surface area (Å²) in [5, 5.41) is 14.7. The van der Waals surface area contributed by atoms with Crippen molar-refractivity contribution in [3.8, 4) is 11.4 Å². The van der Waals surface area contributed by atoms with E-state index in [0.29, 0.717) is 24.8 Å². The van der Waals surface area contributed by atoms with Crippen molar-refractivity contribution >= 4 is 56.9 Å². The molecule has 1 aliphatic carbocycles. The van der Waals surface area contributed by atoms with Gasteiger partial charge in [-0.3, -0.25) is 14.4 Å². The largest absolute Gasteiger partial charge is 0.453 e. The lowest BCUT2D eigenvalue weighted by Crippen LogP contribution is -2.51. The number of likely N-dealkylation sites (tertiary alicyclic amines) is 2. The molecule has 5 atom stereocenters.